The number of nitrogens with one attached hydrogen (secondary N) is 1. The zero-order chi connectivity index (χ0) is 27.6. The van der Waals surface area contributed by atoms with Gasteiger partial charge in [0.05, 0.1) is 17.8 Å². The third-order valence-corrected chi connectivity index (χ3v) is 7.05. The second-order valence-electron chi connectivity index (χ2n) is 8.07. The molecule has 0 bridgehead atoms. The molecule has 0 spiro atoms. The maximum Gasteiger partial charge on any atom is 1.00 e. The molecule has 0 aromatic heterocycles. The van der Waals surface area contributed by atoms with Gasteiger partial charge in [-0.05, 0) is 47.7 Å². The van der Waals surface area contributed by atoms with Crippen LogP contribution in [0.3, 0.4) is 0 Å². The summed E-state index contributed by atoms with van der Waals surface area (Å²) in [6.45, 7) is 1.74. The van der Waals surface area contributed by atoms with Crippen molar-refractivity contribution in [3.8, 4) is 11.5 Å². The number of anilines is 1. The molecule has 196 valence electrons. The average molecular weight is 596 g/mol. The first-order valence-electron chi connectivity index (χ1n) is 11.1. The fourth-order valence-electron chi connectivity index (χ4n) is 3.82. The van der Waals surface area contributed by atoms with E-state index in [0.717, 1.165) is 6.07 Å². The third-order valence-electron chi connectivity index (χ3n) is 5.66. The normalized spacial score (nSPS) is 11.4. The van der Waals surface area contributed by atoms with Crippen molar-refractivity contribution in [1.82, 2.24) is 0 Å². The molecule has 0 saturated heterocycles. The van der Waals surface area contributed by atoms with E-state index in [1.165, 1.54) is 25.3 Å². The molecule has 0 saturated carbocycles. The third kappa shape index (κ3) is 6.72. The van der Waals surface area contributed by atoms with Gasteiger partial charge in [0.25, 0.3) is 16.0 Å². The molecule has 4 aromatic rings. The van der Waals surface area contributed by atoms with Gasteiger partial charge in [-0.3, -0.25) is 9.35 Å². The smallest absolute Gasteiger partial charge is 0.870 e. The SMILES string of the molecule is CCc1cc(Cl)cc(S(=O)(=O)O)c1N=Nc1c([O-])c(C(=O)Nc2ccc(Cl)c(OC)c2)cc2ccccc12.[Na+]. The molecule has 0 aliphatic carbocycles. The number of aryl methyl sites for hydroxylation is 1. The van der Waals surface area contributed by atoms with Crippen LogP contribution in [0, 0.1) is 0 Å². The second kappa shape index (κ2) is 12.6. The van der Waals surface area contributed by atoms with Gasteiger partial charge < -0.3 is 15.2 Å². The van der Waals surface area contributed by atoms with E-state index in [2.05, 4.69) is 15.5 Å². The predicted molar refractivity (Wildman–Crippen MR) is 144 cm³/mol. The molecule has 1 amide bonds. The number of carbonyl (C=O) groups excluding carboxylic acids is 1. The molecule has 0 unspecified atom stereocenters. The first kappa shape index (κ1) is 30.8. The fourth-order valence-corrected chi connectivity index (χ4v) is 5.01. The van der Waals surface area contributed by atoms with Crippen LogP contribution in [-0.2, 0) is 16.5 Å². The molecule has 0 fully saturated rings. The number of ether oxygens (including phenoxy) is 1. The van der Waals surface area contributed by atoms with Crippen molar-refractivity contribution in [1.29, 1.82) is 0 Å². The Morgan fingerprint density at radius 3 is 2.41 bits per heavy atom. The molecule has 0 heterocycles. The molecule has 0 radical (unpaired) electrons. The average Bonchev–Trinajstić information content (AvgIpc) is 2.88. The van der Waals surface area contributed by atoms with Gasteiger partial charge in [0, 0.05) is 27.7 Å². The number of hydrogen-bond donors (Lipinski definition) is 2. The van der Waals surface area contributed by atoms with E-state index >= 15 is 0 Å². The van der Waals surface area contributed by atoms with Gasteiger partial charge in [0.1, 0.15) is 16.3 Å². The van der Waals surface area contributed by atoms with Crippen LogP contribution in [0.4, 0.5) is 17.1 Å². The molecule has 13 heteroatoms. The number of amides is 1. The Labute approximate surface area is 256 Å². The number of fused-ring (bicyclic) bond motifs is 1. The first-order valence-corrected chi connectivity index (χ1v) is 13.3. The molecular formula is C26H20Cl2N3NaO6S. The maximum atomic E-state index is 13.5. The Balaban J connectivity index is 0.00000420. The molecule has 0 atom stereocenters. The van der Waals surface area contributed by atoms with E-state index in [-0.39, 0.29) is 51.5 Å². The number of rotatable bonds is 7. The van der Waals surface area contributed by atoms with Crippen LogP contribution >= 0.6 is 23.2 Å². The number of hydrogen-bond acceptors (Lipinski definition) is 7. The Bertz CT molecular complexity index is 1710. The van der Waals surface area contributed by atoms with Crippen LogP contribution in [0.2, 0.25) is 10.0 Å². The minimum absolute atomic E-state index is 0. The summed E-state index contributed by atoms with van der Waals surface area (Å²) < 4.78 is 38.9. The molecule has 39 heavy (non-hydrogen) atoms. The van der Waals surface area contributed by atoms with Crippen molar-refractivity contribution in [2.75, 3.05) is 12.4 Å². The Morgan fingerprint density at radius 1 is 1.05 bits per heavy atom. The van der Waals surface area contributed by atoms with Gasteiger partial charge in [-0.1, -0.05) is 60.1 Å². The minimum atomic E-state index is -4.71. The van der Waals surface area contributed by atoms with Crippen molar-refractivity contribution in [2.45, 2.75) is 18.2 Å². The van der Waals surface area contributed by atoms with E-state index in [0.29, 0.717) is 39.2 Å². The van der Waals surface area contributed by atoms with E-state index in [1.807, 2.05) is 0 Å². The largest absolute Gasteiger partial charge is 1.00 e. The standard InChI is InChI=1S/C26H21Cl2N3O6S.Na/c1-3-14-10-16(27)12-22(38(34,35)36)23(14)30-31-24-18-7-5-4-6-15(18)11-19(25(24)32)26(33)29-17-8-9-20(28)21(13-17)37-2;/h4-13,32H,3H2,1-2H3,(H,29,33)(H,34,35,36);/q;+1/p-1. The van der Waals surface area contributed by atoms with Crippen LogP contribution in [0.25, 0.3) is 10.8 Å². The van der Waals surface area contributed by atoms with Gasteiger partial charge in [0.2, 0.25) is 0 Å². The predicted octanol–water partition coefficient (Wildman–Crippen LogP) is 3.71. The van der Waals surface area contributed by atoms with Gasteiger partial charge in [-0.25, -0.2) is 0 Å². The number of benzene rings is 4. The summed E-state index contributed by atoms with van der Waals surface area (Å²) in [6, 6.07) is 15.3. The molecule has 9 nitrogen and oxygen atoms in total. The fraction of sp³-hybridized carbons (Fsp3) is 0.115. The van der Waals surface area contributed by atoms with Crippen molar-refractivity contribution >= 4 is 67.1 Å². The molecule has 2 N–H and O–H groups in total. The number of halogens is 2. The van der Waals surface area contributed by atoms with Gasteiger partial charge in [-0.15, -0.1) is 5.11 Å². The van der Waals surface area contributed by atoms with E-state index < -0.39 is 26.7 Å². The number of azo groups is 1. The van der Waals surface area contributed by atoms with Gasteiger partial charge in [0.15, 0.2) is 0 Å². The summed E-state index contributed by atoms with van der Waals surface area (Å²) in [4.78, 5) is 12.6. The van der Waals surface area contributed by atoms with E-state index in [1.54, 1.807) is 43.3 Å². The quantitative estimate of drug-likeness (QED) is 0.189. The maximum absolute atomic E-state index is 13.5. The summed E-state index contributed by atoms with van der Waals surface area (Å²) >= 11 is 12.1. The summed E-state index contributed by atoms with van der Waals surface area (Å²) in [7, 11) is -3.28. The van der Waals surface area contributed by atoms with Crippen molar-refractivity contribution < 1.29 is 57.2 Å². The molecule has 4 aromatic carbocycles. The van der Waals surface area contributed by atoms with E-state index in [9.17, 15) is 22.9 Å². The number of methoxy groups -OCH3 is 1. The molecule has 4 rings (SSSR count). The molecular weight excluding hydrogens is 576 g/mol. The summed E-state index contributed by atoms with van der Waals surface area (Å²) in [6.07, 6.45) is 0.315. The zero-order valence-electron chi connectivity index (χ0n) is 21.0. The summed E-state index contributed by atoms with van der Waals surface area (Å²) in [5.74, 6) is -1.10. The molecule has 0 aliphatic heterocycles. The van der Waals surface area contributed by atoms with Crippen molar-refractivity contribution in [2.24, 2.45) is 10.2 Å². The first-order chi connectivity index (χ1) is 18.0. The van der Waals surface area contributed by atoms with Crippen LogP contribution in [-0.4, -0.2) is 26.0 Å². The van der Waals surface area contributed by atoms with Crippen molar-refractivity contribution in [3.05, 3.63) is 81.8 Å². The topological polar surface area (TPSA) is 140 Å². The van der Waals surface area contributed by atoms with Crippen LogP contribution in [0.15, 0.2) is 75.8 Å². The van der Waals surface area contributed by atoms with Crippen LogP contribution in [0.1, 0.15) is 22.8 Å². The monoisotopic (exact) mass is 595 g/mol. The van der Waals surface area contributed by atoms with Crippen LogP contribution < -0.4 is 44.7 Å². The number of carbonyl (C=O) groups is 1. The van der Waals surface area contributed by atoms with E-state index in [4.69, 9.17) is 27.9 Å². The Hall–Kier alpha value is -2.70. The zero-order valence-corrected chi connectivity index (χ0v) is 25.4. The summed E-state index contributed by atoms with van der Waals surface area (Å²) in [5.41, 5.74) is 0.175. The van der Waals surface area contributed by atoms with Gasteiger partial charge >= 0.3 is 29.6 Å². The van der Waals surface area contributed by atoms with Crippen molar-refractivity contribution in [3.63, 3.8) is 0 Å². The molecule has 0 aliphatic rings. The minimum Gasteiger partial charge on any atom is -0.870 e. The number of nitrogens with zero attached hydrogens (tertiary/aromatic N) is 2. The summed E-state index contributed by atoms with van der Waals surface area (Å²) in [5, 5.41) is 25.6. The Morgan fingerprint density at radius 2 is 1.74 bits per heavy atom. The second-order valence-corrected chi connectivity index (χ2v) is 10.3. The Kier molecular flexibility index (Phi) is 10.0. The van der Waals surface area contributed by atoms with Crippen LogP contribution in [0.5, 0.6) is 11.5 Å². The van der Waals surface area contributed by atoms with Gasteiger partial charge in [-0.2, -0.15) is 13.5 Å².